The van der Waals surface area contributed by atoms with Gasteiger partial charge in [-0.05, 0) is 55.9 Å². The van der Waals surface area contributed by atoms with E-state index in [2.05, 4.69) is 54.3 Å². The molecule has 0 aromatic heterocycles. The molecule has 2 aliphatic rings. The van der Waals surface area contributed by atoms with Gasteiger partial charge < -0.3 is 14.6 Å². The van der Waals surface area contributed by atoms with Gasteiger partial charge in [-0.25, -0.2) is 0 Å². The van der Waals surface area contributed by atoms with Crippen LogP contribution in [0.15, 0.2) is 48.5 Å². The molecule has 1 aliphatic carbocycles. The van der Waals surface area contributed by atoms with Crippen molar-refractivity contribution in [1.29, 1.82) is 0 Å². The Morgan fingerprint density at radius 1 is 1.10 bits per heavy atom. The highest BCUT2D eigenvalue weighted by molar-refractivity contribution is 5.45. The van der Waals surface area contributed by atoms with Gasteiger partial charge in [0.15, 0.2) is 11.5 Å². The molecule has 30 heavy (non-hydrogen) atoms. The van der Waals surface area contributed by atoms with Crippen LogP contribution in [0.3, 0.4) is 0 Å². The molecule has 2 unspecified atom stereocenters. The van der Waals surface area contributed by atoms with Crippen molar-refractivity contribution in [1.82, 2.24) is 4.90 Å². The average Bonchev–Trinajstić information content (AvgIpc) is 3.37. The highest BCUT2D eigenvalue weighted by atomic mass is 16.5. The van der Waals surface area contributed by atoms with Crippen molar-refractivity contribution in [2.45, 2.75) is 64.2 Å². The monoisotopic (exact) mass is 409 g/mol. The standard InChI is InChI=1S/C26H35NO3/c1-19(28)26(2)18-27(16-20-9-5-4-6-10-20)17-23(26)21-13-14-24(29-3)25(15-21)30-22-11-7-8-12-22/h4-6,9-10,13-15,19,22-23,28H,7-8,11-12,16-18H2,1-3H3/t19?,23-,26?/m0/s1. The summed E-state index contributed by atoms with van der Waals surface area (Å²) in [7, 11) is 1.70. The van der Waals surface area contributed by atoms with E-state index in [0.29, 0.717) is 0 Å². The molecular formula is C26H35NO3. The Morgan fingerprint density at radius 3 is 2.50 bits per heavy atom. The fourth-order valence-corrected chi connectivity index (χ4v) is 5.18. The molecule has 2 aromatic carbocycles. The molecule has 1 heterocycles. The van der Waals surface area contributed by atoms with Gasteiger partial charge in [0, 0.05) is 31.0 Å². The molecule has 1 saturated heterocycles. The second-order valence-corrected chi connectivity index (χ2v) is 9.32. The van der Waals surface area contributed by atoms with E-state index in [1.807, 2.05) is 13.0 Å². The summed E-state index contributed by atoms with van der Waals surface area (Å²) in [5.74, 6) is 1.87. The van der Waals surface area contributed by atoms with Crippen LogP contribution in [-0.4, -0.2) is 42.4 Å². The van der Waals surface area contributed by atoms with Gasteiger partial charge in [0.05, 0.1) is 19.3 Å². The number of nitrogens with zero attached hydrogens (tertiary/aromatic N) is 1. The number of benzene rings is 2. The van der Waals surface area contributed by atoms with Gasteiger partial charge in [-0.2, -0.15) is 0 Å². The van der Waals surface area contributed by atoms with Crippen LogP contribution in [0.5, 0.6) is 11.5 Å². The summed E-state index contributed by atoms with van der Waals surface area (Å²) >= 11 is 0. The van der Waals surface area contributed by atoms with Gasteiger partial charge in [-0.1, -0.05) is 43.3 Å². The molecule has 4 heteroatoms. The van der Waals surface area contributed by atoms with Gasteiger partial charge in [-0.3, -0.25) is 4.90 Å². The predicted octanol–water partition coefficient (Wildman–Crippen LogP) is 5.00. The van der Waals surface area contributed by atoms with E-state index in [0.717, 1.165) is 44.0 Å². The largest absolute Gasteiger partial charge is 0.493 e. The van der Waals surface area contributed by atoms with E-state index in [9.17, 15) is 5.11 Å². The third-order valence-electron chi connectivity index (χ3n) is 7.19. The molecule has 0 spiro atoms. The summed E-state index contributed by atoms with van der Waals surface area (Å²) in [5.41, 5.74) is 2.32. The number of ether oxygens (including phenoxy) is 2. The first-order valence-electron chi connectivity index (χ1n) is 11.3. The van der Waals surface area contributed by atoms with E-state index >= 15 is 0 Å². The minimum Gasteiger partial charge on any atom is -0.493 e. The molecule has 2 fully saturated rings. The first-order valence-corrected chi connectivity index (χ1v) is 11.3. The number of hydrogen-bond donors (Lipinski definition) is 1. The fourth-order valence-electron chi connectivity index (χ4n) is 5.18. The summed E-state index contributed by atoms with van der Waals surface area (Å²) in [6.45, 7) is 6.84. The Bertz CT molecular complexity index is 831. The third-order valence-corrected chi connectivity index (χ3v) is 7.19. The molecule has 1 saturated carbocycles. The van der Waals surface area contributed by atoms with Crippen molar-refractivity contribution in [3.05, 3.63) is 59.7 Å². The summed E-state index contributed by atoms with van der Waals surface area (Å²) < 4.78 is 11.9. The lowest BCUT2D eigenvalue weighted by Crippen LogP contribution is -2.37. The molecule has 2 aromatic rings. The third kappa shape index (κ3) is 4.35. The molecule has 0 radical (unpaired) electrons. The molecule has 3 atom stereocenters. The molecule has 4 nitrogen and oxygen atoms in total. The first-order chi connectivity index (χ1) is 14.5. The Labute approximate surface area is 180 Å². The van der Waals surface area contributed by atoms with Gasteiger partial charge in [-0.15, -0.1) is 0 Å². The minimum absolute atomic E-state index is 0.214. The van der Waals surface area contributed by atoms with Crippen molar-refractivity contribution in [3.8, 4) is 11.5 Å². The van der Waals surface area contributed by atoms with E-state index in [1.165, 1.54) is 24.0 Å². The first kappa shape index (κ1) is 21.2. The van der Waals surface area contributed by atoms with Crippen LogP contribution in [0.2, 0.25) is 0 Å². The zero-order valence-electron chi connectivity index (χ0n) is 18.5. The number of hydrogen-bond acceptors (Lipinski definition) is 4. The van der Waals surface area contributed by atoms with Gasteiger partial charge >= 0.3 is 0 Å². The van der Waals surface area contributed by atoms with Crippen LogP contribution in [0, 0.1) is 5.41 Å². The topological polar surface area (TPSA) is 41.9 Å². The molecule has 0 bridgehead atoms. The molecule has 4 rings (SSSR count). The lowest BCUT2D eigenvalue weighted by atomic mass is 9.72. The van der Waals surface area contributed by atoms with Gasteiger partial charge in [0.1, 0.15) is 0 Å². The minimum atomic E-state index is -0.399. The van der Waals surface area contributed by atoms with Crippen LogP contribution < -0.4 is 9.47 Å². The van der Waals surface area contributed by atoms with Crippen molar-refractivity contribution in [2.24, 2.45) is 5.41 Å². The summed E-state index contributed by atoms with van der Waals surface area (Å²) in [6.07, 6.45) is 4.60. The molecule has 0 amide bonds. The lowest BCUT2D eigenvalue weighted by molar-refractivity contribution is 0.0474. The zero-order chi connectivity index (χ0) is 21.1. The summed E-state index contributed by atoms with van der Waals surface area (Å²) in [6, 6.07) is 16.9. The van der Waals surface area contributed by atoms with E-state index < -0.39 is 6.10 Å². The molecule has 1 aliphatic heterocycles. The average molecular weight is 410 g/mol. The van der Waals surface area contributed by atoms with E-state index in [1.54, 1.807) is 7.11 Å². The molecule has 1 N–H and O–H groups in total. The van der Waals surface area contributed by atoms with Gasteiger partial charge in [0.2, 0.25) is 0 Å². The Morgan fingerprint density at radius 2 is 1.83 bits per heavy atom. The lowest BCUT2D eigenvalue weighted by Gasteiger charge is -2.34. The normalized spacial score (nSPS) is 26.1. The second kappa shape index (κ2) is 8.99. The van der Waals surface area contributed by atoms with Crippen LogP contribution in [0.25, 0.3) is 0 Å². The maximum atomic E-state index is 10.7. The highest BCUT2D eigenvalue weighted by Gasteiger charge is 2.47. The fraction of sp³-hybridized carbons (Fsp3) is 0.538. The molecule has 162 valence electrons. The highest BCUT2D eigenvalue weighted by Crippen LogP contribution is 2.47. The van der Waals surface area contributed by atoms with E-state index in [4.69, 9.17) is 9.47 Å². The Balaban J connectivity index is 1.59. The number of methoxy groups -OCH3 is 1. The van der Waals surface area contributed by atoms with Crippen molar-refractivity contribution >= 4 is 0 Å². The number of rotatable bonds is 7. The summed E-state index contributed by atoms with van der Waals surface area (Å²) in [5, 5.41) is 10.7. The van der Waals surface area contributed by atoms with Crippen LogP contribution in [-0.2, 0) is 6.54 Å². The van der Waals surface area contributed by atoms with Crippen molar-refractivity contribution in [2.75, 3.05) is 20.2 Å². The quantitative estimate of drug-likeness (QED) is 0.698. The van der Waals surface area contributed by atoms with Gasteiger partial charge in [0.25, 0.3) is 0 Å². The van der Waals surface area contributed by atoms with Crippen LogP contribution in [0.4, 0.5) is 0 Å². The van der Waals surface area contributed by atoms with Crippen LogP contribution in [0.1, 0.15) is 56.6 Å². The Hall–Kier alpha value is -2.04. The SMILES string of the molecule is COc1ccc([C@@H]2CN(Cc3ccccc3)CC2(C)C(C)O)cc1OC1CCCC1. The zero-order valence-corrected chi connectivity index (χ0v) is 18.5. The Kier molecular flexibility index (Phi) is 6.35. The maximum Gasteiger partial charge on any atom is 0.161 e. The van der Waals surface area contributed by atoms with Crippen molar-refractivity contribution < 1.29 is 14.6 Å². The number of aliphatic hydroxyl groups is 1. The second-order valence-electron chi connectivity index (χ2n) is 9.32. The number of aliphatic hydroxyl groups excluding tert-OH is 1. The molecular weight excluding hydrogens is 374 g/mol. The van der Waals surface area contributed by atoms with Crippen molar-refractivity contribution in [3.63, 3.8) is 0 Å². The van der Waals surface area contributed by atoms with Crippen LogP contribution >= 0.6 is 0 Å². The maximum absolute atomic E-state index is 10.7. The number of likely N-dealkylation sites (tertiary alicyclic amines) is 1. The predicted molar refractivity (Wildman–Crippen MR) is 120 cm³/mol. The summed E-state index contributed by atoms with van der Waals surface area (Å²) in [4.78, 5) is 2.47. The smallest absolute Gasteiger partial charge is 0.161 e. The van der Waals surface area contributed by atoms with E-state index in [-0.39, 0.29) is 17.4 Å².